The van der Waals surface area contributed by atoms with Crippen molar-refractivity contribution in [1.29, 1.82) is 0 Å². The second-order valence-corrected chi connectivity index (χ2v) is 7.37. The van der Waals surface area contributed by atoms with E-state index in [1.165, 1.54) is 57.9 Å². The summed E-state index contributed by atoms with van der Waals surface area (Å²) in [4.78, 5) is 0. The van der Waals surface area contributed by atoms with Gasteiger partial charge in [0.2, 0.25) is 0 Å². The number of hydrogen-bond donors (Lipinski definition) is 1. The van der Waals surface area contributed by atoms with Crippen molar-refractivity contribution >= 4 is 0 Å². The van der Waals surface area contributed by atoms with Crippen molar-refractivity contribution in [3.05, 3.63) is 0 Å². The normalized spacial score (nSPS) is 41.8. The minimum absolute atomic E-state index is 0.802. The third-order valence-electron chi connectivity index (χ3n) is 5.55. The van der Waals surface area contributed by atoms with Gasteiger partial charge >= 0.3 is 0 Å². The molecule has 106 valence electrons. The molecule has 1 N–H and O–H groups in total. The van der Waals surface area contributed by atoms with Crippen LogP contribution in [0.1, 0.15) is 72.1 Å². The van der Waals surface area contributed by atoms with Crippen LogP contribution in [0.5, 0.6) is 0 Å². The Balaban J connectivity index is 1.62. The highest BCUT2D eigenvalue weighted by molar-refractivity contribution is 4.81. The van der Waals surface area contributed by atoms with Crippen LogP contribution in [0.2, 0.25) is 0 Å². The Morgan fingerprint density at radius 3 is 2.22 bits per heavy atom. The van der Waals surface area contributed by atoms with Crippen molar-refractivity contribution in [3.8, 4) is 0 Å². The third kappa shape index (κ3) is 4.26. The van der Waals surface area contributed by atoms with E-state index < -0.39 is 0 Å². The Labute approximate surface area is 114 Å². The van der Waals surface area contributed by atoms with E-state index in [4.69, 9.17) is 0 Å². The van der Waals surface area contributed by atoms with Crippen molar-refractivity contribution in [3.63, 3.8) is 0 Å². The van der Waals surface area contributed by atoms with Crippen LogP contribution in [0.15, 0.2) is 0 Å². The second kappa shape index (κ2) is 6.93. The monoisotopic (exact) mass is 251 g/mol. The molecule has 2 aliphatic rings. The summed E-state index contributed by atoms with van der Waals surface area (Å²) in [6.07, 6.45) is 11.6. The molecule has 18 heavy (non-hydrogen) atoms. The molecule has 0 aromatic rings. The van der Waals surface area contributed by atoms with Gasteiger partial charge in [-0.25, -0.2) is 0 Å². The van der Waals surface area contributed by atoms with Crippen molar-refractivity contribution in [2.45, 2.75) is 78.2 Å². The zero-order valence-electron chi connectivity index (χ0n) is 12.8. The molecule has 0 bridgehead atoms. The largest absolute Gasteiger partial charge is 0.314 e. The van der Waals surface area contributed by atoms with Crippen LogP contribution < -0.4 is 5.32 Å². The van der Waals surface area contributed by atoms with E-state index in [-0.39, 0.29) is 0 Å². The molecule has 0 radical (unpaired) electrons. The highest BCUT2D eigenvalue weighted by atomic mass is 14.9. The van der Waals surface area contributed by atoms with E-state index in [1.54, 1.807) is 0 Å². The van der Waals surface area contributed by atoms with E-state index in [1.807, 2.05) is 0 Å². The molecule has 3 unspecified atom stereocenters. The standard InChI is InChI=1S/C17H33N/c1-13-5-8-16(9-6-13)10-11-18-17-12-14(2)4-7-15(17)3/h13-18H,4-12H2,1-3H3. The first-order valence-corrected chi connectivity index (χ1v) is 8.38. The molecule has 1 heteroatoms. The highest BCUT2D eigenvalue weighted by Crippen LogP contribution is 2.31. The predicted molar refractivity (Wildman–Crippen MR) is 79.7 cm³/mol. The summed E-state index contributed by atoms with van der Waals surface area (Å²) in [5.41, 5.74) is 0. The Morgan fingerprint density at radius 1 is 0.833 bits per heavy atom. The molecule has 2 fully saturated rings. The van der Waals surface area contributed by atoms with E-state index in [0.717, 1.165) is 29.7 Å². The second-order valence-electron chi connectivity index (χ2n) is 7.37. The van der Waals surface area contributed by atoms with Gasteiger partial charge in [0.05, 0.1) is 0 Å². The summed E-state index contributed by atoms with van der Waals surface area (Å²) >= 11 is 0. The molecule has 2 aliphatic carbocycles. The lowest BCUT2D eigenvalue weighted by Crippen LogP contribution is -2.40. The fourth-order valence-corrected chi connectivity index (χ4v) is 3.91. The Kier molecular flexibility index (Phi) is 5.54. The van der Waals surface area contributed by atoms with Crippen molar-refractivity contribution in [2.24, 2.45) is 23.7 Å². The summed E-state index contributed by atoms with van der Waals surface area (Å²) in [5, 5.41) is 3.86. The van der Waals surface area contributed by atoms with E-state index >= 15 is 0 Å². The minimum Gasteiger partial charge on any atom is -0.314 e. The minimum atomic E-state index is 0.802. The first kappa shape index (κ1) is 14.4. The molecule has 0 aromatic heterocycles. The van der Waals surface area contributed by atoms with Gasteiger partial charge in [-0.1, -0.05) is 52.9 Å². The predicted octanol–water partition coefficient (Wildman–Crippen LogP) is 4.62. The van der Waals surface area contributed by atoms with Crippen LogP contribution in [0.3, 0.4) is 0 Å². The SMILES string of the molecule is CC1CCC(CCNC2CC(C)CCC2C)CC1. The van der Waals surface area contributed by atoms with Gasteiger partial charge in [0.15, 0.2) is 0 Å². The van der Waals surface area contributed by atoms with E-state index in [9.17, 15) is 0 Å². The number of nitrogens with one attached hydrogen (secondary N) is 1. The van der Waals surface area contributed by atoms with Crippen molar-refractivity contribution in [1.82, 2.24) is 5.32 Å². The van der Waals surface area contributed by atoms with Gasteiger partial charge in [0, 0.05) is 6.04 Å². The van der Waals surface area contributed by atoms with Gasteiger partial charge in [0.1, 0.15) is 0 Å². The maximum atomic E-state index is 3.86. The van der Waals surface area contributed by atoms with Crippen molar-refractivity contribution in [2.75, 3.05) is 6.54 Å². The summed E-state index contributed by atoms with van der Waals surface area (Å²) in [6.45, 7) is 8.54. The van der Waals surface area contributed by atoms with Gasteiger partial charge in [0.25, 0.3) is 0 Å². The zero-order valence-corrected chi connectivity index (χ0v) is 12.8. The summed E-state index contributed by atoms with van der Waals surface area (Å²) in [7, 11) is 0. The Bertz CT molecular complexity index is 230. The molecule has 2 rings (SSSR count). The average Bonchev–Trinajstić information content (AvgIpc) is 2.36. The van der Waals surface area contributed by atoms with Crippen LogP contribution in [-0.2, 0) is 0 Å². The first-order chi connectivity index (χ1) is 8.65. The molecular formula is C17H33N. The average molecular weight is 251 g/mol. The van der Waals surface area contributed by atoms with E-state index in [2.05, 4.69) is 26.1 Å². The molecule has 0 heterocycles. The smallest absolute Gasteiger partial charge is 0.00952 e. The number of rotatable bonds is 4. The molecule has 0 aliphatic heterocycles. The molecule has 0 saturated heterocycles. The van der Waals surface area contributed by atoms with Crippen LogP contribution in [0.4, 0.5) is 0 Å². The van der Waals surface area contributed by atoms with Gasteiger partial charge < -0.3 is 5.32 Å². The lowest BCUT2D eigenvalue weighted by Gasteiger charge is -2.34. The fourth-order valence-electron chi connectivity index (χ4n) is 3.91. The third-order valence-corrected chi connectivity index (χ3v) is 5.55. The van der Waals surface area contributed by atoms with E-state index in [0.29, 0.717) is 0 Å². The quantitative estimate of drug-likeness (QED) is 0.769. The number of hydrogen-bond acceptors (Lipinski definition) is 1. The van der Waals surface area contributed by atoms with Gasteiger partial charge in [-0.2, -0.15) is 0 Å². The molecule has 3 atom stereocenters. The fraction of sp³-hybridized carbons (Fsp3) is 1.00. The zero-order chi connectivity index (χ0) is 13.0. The molecule has 0 amide bonds. The van der Waals surface area contributed by atoms with Crippen molar-refractivity contribution < 1.29 is 0 Å². The highest BCUT2D eigenvalue weighted by Gasteiger charge is 2.25. The molecule has 0 spiro atoms. The summed E-state index contributed by atoms with van der Waals surface area (Å²) in [6, 6.07) is 0.802. The molecule has 1 nitrogen and oxygen atoms in total. The van der Waals surface area contributed by atoms with Gasteiger partial charge in [-0.05, 0) is 49.5 Å². The summed E-state index contributed by atoms with van der Waals surface area (Å²) < 4.78 is 0. The Hall–Kier alpha value is -0.0400. The molecule has 0 aromatic carbocycles. The molecule has 2 saturated carbocycles. The van der Waals surface area contributed by atoms with Crippen LogP contribution in [0.25, 0.3) is 0 Å². The lowest BCUT2D eigenvalue weighted by molar-refractivity contribution is 0.217. The van der Waals surface area contributed by atoms with Gasteiger partial charge in [-0.3, -0.25) is 0 Å². The van der Waals surface area contributed by atoms with Crippen LogP contribution in [-0.4, -0.2) is 12.6 Å². The maximum Gasteiger partial charge on any atom is 0.00952 e. The maximum absolute atomic E-state index is 3.86. The Morgan fingerprint density at radius 2 is 1.50 bits per heavy atom. The van der Waals surface area contributed by atoms with Crippen LogP contribution >= 0.6 is 0 Å². The van der Waals surface area contributed by atoms with Crippen LogP contribution in [0, 0.1) is 23.7 Å². The lowest BCUT2D eigenvalue weighted by atomic mass is 9.79. The first-order valence-electron chi connectivity index (χ1n) is 8.38. The van der Waals surface area contributed by atoms with Gasteiger partial charge in [-0.15, -0.1) is 0 Å². The topological polar surface area (TPSA) is 12.0 Å². The summed E-state index contributed by atoms with van der Waals surface area (Å²) in [5.74, 6) is 3.85. The molecular weight excluding hydrogens is 218 g/mol.